The molecule has 86 heavy (non-hydrogen) atoms. The number of imidazole rings is 1. The minimum Gasteiger partial charge on any atom is -0.351 e. The lowest BCUT2D eigenvalue weighted by Gasteiger charge is -2.27. The van der Waals surface area contributed by atoms with Crippen molar-refractivity contribution in [2.75, 3.05) is 76.5 Å². The maximum absolute atomic E-state index is 13.5. The van der Waals surface area contributed by atoms with Crippen molar-refractivity contribution in [2.45, 2.75) is 25.7 Å². The van der Waals surface area contributed by atoms with E-state index in [0.29, 0.717) is 51.2 Å². The molecule has 1 fully saturated rings. The molecule has 8 amide bonds. The SMILES string of the molecule is Cn1cc(NC(=O)c2cc(NC(=O)c3cc(NC(=O)c4ccc(Br)s4)cn3C)cn2C)cc1C(=O)CCCC(=O)Nc1cn(C)c(C(=O)Nc2cc(C(=O)Nc3cc(C(=O)Nc4cc(C(=O)NCCCN5CCNCC5)n(C)c4)n(C)c3)n(C)c2)n1. The van der Waals surface area contributed by atoms with E-state index in [9.17, 15) is 43.2 Å². The number of nitrogens with one attached hydrogen (secondary N) is 9. The highest BCUT2D eigenvalue weighted by atomic mass is 79.9. The van der Waals surface area contributed by atoms with Crippen molar-refractivity contribution >= 4 is 120 Å². The van der Waals surface area contributed by atoms with Crippen molar-refractivity contribution in [1.29, 1.82) is 0 Å². The van der Waals surface area contributed by atoms with Gasteiger partial charge in [0.25, 0.3) is 41.4 Å². The minimum atomic E-state index is -0.621. The highest BCUT2D eigenvalue weighted by Gasteiger charge is 2.24. The third kappa shape index (κ3) is 14.8. The summed E-state index contributed by atoms with van der Waals surface area (Å²) in [4.78, 5) is 126. The lowest BCUT2D eigenvalue weighted by atomic mass is 10.1. The van der Waals surface area contributed by atoms with Crippen LogP contribution in [0, 0.1) is 0 Å². The van der Waals surface area contributed by atoms with Gasteiger partial charge in [0, 0.05) is 138 Å². The Morgan fingerprint density at radius 3 is 1.33 bits per heavy atom. The Bertz CT molecular complexity index is 3930. The van der Waals surface area contributed by atoms with Crippen LogP contribution in [-0.4, -0.2) is 134 Å². The maximum Gasteiger partial charge on any atom is 0.291 e. The topological polar surface area (TPSA) is 313 Å². The van der Waals surface area contributed by atoms with Crippen molar-refractivity contribution in [2.24, 2.45) is 49.3 Å². The molecule has 0 unspecified atom stereocenters. The quantitative estimate of drug-likeness (QED) is 0.0271. The normalized spacial score (nSPS) is 12.4. The van der Waals surface area contributed by atoms with Gasteiger partial charge in [-0.2, -0.15) is 0 Å². The van der Waals surface area contributed by atoms with Crippen molar-refractivity contribution < 1.29 is 43.2 Å². The molecule has 1 aliphatic rings. The van der Waals surface area contributed by atoms with E-state index >= 15 is 0 Å². The molecule has 0 bridgehead atoms. The second-order valence-electron chi connectivity index (χ2n) is 20.8. The molecule has 0 radical (unpaired) electrons. The zero-order valence-electron chi connectivity index (χ0n) is 48.2. The van der Waals surface area contributed by atoms with Gasteiger partial charge in [0.05, 0.1) is 48.5 Å². The molecule has 27 nitrogen and oxygen atoms in total. The Balaban J connectivity index is 0.702. The summed E-state index contributed by atoms with van der Waals surface area (Å²) in [5, 5.41) is 25.7. The van der Waals surface area contributed by atoms with Gasteiger partial charge in [-0.25, -0.2) is 4.98 Å². The van der Waals surface area contributed by atoms with Crippen LogP contribution >= 0.6 is 27.3 Å². The van der Waals surface area contributed by atoms with E-state index in [2.05, 4.69) is 73.7 Å². The third-order valence-electron chi connectivity index (χ3n) is 14.1. The van der Waals surface area contributed by atoms with Crippen LogP contribution < -0.4 is 47.9 Å². The number of aromatic nitrogens is 8. The maximum atomic E-state index is 13.5. The zero-order chi connectivity index (χ0) is 61.5. The summed E-state index contributed by atoms with van der Waals surface area (Å²) >= 11 is 4.63. The van der Waals surface area contributed by atoms with E-state index < -0.39 is 35.4 Å². The molecule has 0 aliphatic carbocycles. The average molecular weight is 1260 g/mol. The van der Waals surface area contributed by atoms with Crippen LogP contribution in [0.1, 0.15) is 109 Å². The van der Waals surface area contributed by atoms with Crippen LogP contribution in [0.3, 0.4) is 0 Å². The molecule has 1 aliphatic heterocycles. The molecular formula is C57H65BrN18O9S. The summed E-state index contributed by atoms with van der Waals surface area (Å²) < 4.78 is 11.7. The second kappa shape index (κ2) is 26.6. The van der Waals surface area contributed by atoms with E-state index in [0.717, 1.165) is 42.9 Å². The smallest absolute Gasteiger partial charge is 0.291 e. The first-order valence-electron chi connectivity index (χ1n) is 27.2. The fraction of sp³-hybridized carbons (Fsp3) is 0.298. The van der Waals surface area contributed by atoms with E-state index in [1.807, 2.05) is 0 Å². The van der Waals surface area contributed by atoms with Crippen molar-refractivity contribution in [3.8, 4) is 0 Å². The number of Topliss-reactive ketones (excluding diaryl/α,β-unsaturated/α-hetero) is 1. The molecule has 0 spiro atoms. The summed E-state index contributed by atoms with van der Waals surface area (Å²) in [6, 6.07) is 12.7. The molecular weight excluding hydrogens is 1190 g/mol. The number of ketones is 1. The predicted octanol–water partition coefficient (Wildman–Crippen LogP) is 5.81. The second-order valence-corrected chi connectivity index (χ2v) is 23.2. The van der Waals surface area contributed by atoms with Crippen LogP contribution in [-0.2, 0) is 54.1 Å². The number of carbonyl (C=O) groups is 9. The van der Waals surface area contributed by atoms with E-state index in [1.165, 1.54) is 50.9 Å². The summed E-state index contributed by atoms with van der Waals surface area (Å²) in [5.41, 5.74) is 3.81. The van der Waals surface area contributed by atoms with Gasteiger partial charge >= 0.3 is 0 Å². The molecule has 8 aromatic heterocycles. The average Bonchev–Trinajstić information content (AvgIpc) is 3.95. The molecule has 0 aromatic carbocycles. The number of carbonyl (C=O) groups excluding carboxylic acids is 9. The lowest BCUT2D eigenvalue weighted by Crippen LogP contribution is -2.44. The van der Waals surface area contributed by atoms with Crippen molar-refractivity contribution in [3.63, 3.8) is 0 Å². The molecule has 0 saturated carbocycles. The van der Waals surface area contributed by atoms with Crippen molar-refractivity contribution in [3.05, 3.63) is 141 Å². The Hall–Kier alpha value is -9.58. The van der Waals surface area contributed by atoms with Crippen LogP contribution in [0.25, 0.3) is 0 Å². The van der Waals surface area contributed by atoms with E-state index in [4.69, 9.17) is 0 Å². The first kappa shape index (κ1) is 61.0. The molecule has 0 atom stereocenters. The molecule has 9 heterocycles. The summed E-state index contributed by atoms with van der Waals surface area (Å²) in [7, 11) is 11.6. The molecule has 9 N–H and O–H groups in total. The molecule has 1 saturated heterocycles. The number of anilines is 7. The third-order valence-corrected chi connectivity index (χ3v) is 15.7. The Morgan fingerprint density at radius 2 is 0.884 bits per heavy atom. The Morgan fingerprint density at radius 1 is 0.477 bits per heavy atom. The van der Waals surface area contributed by atoms with Crippen molar-refractivity contribution in [1.82, 2.24) is 52.5 Å². The predicted molar refractivity (Wildman–Crippen MR) is 328 cm³/mol. The highest BCUT2D eigenvalue weighted by molar-refractivity contribution is 9.11. The Kier molecular flexibility index (Phi) is 18.8. The summed E-state index contributed by atoms with van der Waals surface area (Å²) in [6.07, 6.45) is 12.0. The first-order valence-corrected chi connectivity index (χ1v) is 28.9. The van der Waals surface area contributed by atoms with Gasteiger partial charge in [-0.05, 0) is 83.8 Å². The van der Waals surface area contributed by atoms with Gasteiger partial charge in [0.2, 0.25) is 11.7 Å². The Labute approximate surface area is 505 Å². The van der Waals surface area contributed by atoms with Gasteiger partial charge in [-0.3, -0.25) is 43.2 Å². The largest absolute Gasteiger partial charge is 0.351 e. The molecule has 8 aromatic rings. The minimum absolute atomic E-state index is 0.00862. The first-order chi connectivity index (χ1) is 41.0. The van der Waals surface area contributed by atoms with Gasteiger partial charge in [0.15, 0.2) is 11.6 Å². The van der Waals surface area contributed by atoms with Gasteiger partial charge in [-0.15, -0.1) is 11.3 Å². The number of hydrogen-bond donors (Lipinski definition) is 9. The highest BCUT2D eigenvalue weighted by Crippen LogP contribution is 2.26. The van der Waals surface area contributed by atoms with E-state index in [-0.39, 0.29) is 77.0 Å². The molecule has 9 rings (SSSR count). The summed E-state index contributed by atoms with van der Waals surface area (Å²) in [5.74, 6) is -3.76. The van der Waals surface area contributed by atoms with Crippen LogP contribution in [0.2, 0.25) is 0 Å². The van der Waals surface area contributed by atoms with E-state index in [1.54, 1.807) is 134 Å². The number of amides is 8. The number of hydrogen-bond acceptors (Lipinski definition) is 13. The van der Waals surface area contributed by atoms with Crippen LogP contribution in [0.5, 0.6) is 0 Å². The number of piperazine rings is 1. The number of thiophene rings is 1. The zero-order valence-corrected chi connectivity index (χ0v) is 50.6. The fourth-order valence-corrected chi connectivity index (χ4v) is 11.1. The number of rotatable bonds is 23. The van der Waals surface area contributed by atoms with Gasteiger partial charge in [-0.1, -0.05) is 0 Å². The monoisotopic (exact) mass is 1260 g/mol. The molecule has 450 valence electrons. The van der Waals surface area contributed by atoms with Crippen LogP contribution in [0.15, 0.2) is 95.7 Å². The standard InChI is InChI=1S/C57H65BrN18O9S/c1-69-26-33(61-52(80)41-22-35(28-71(41)3)63-54(82)43-24-37(30-73(43)5)65-56(84)46-12-13-47(58)86-46)20-39(69)45(77)10-8-11-49(78)67-48-32-75(7)50(68-48)57(85)66-38-25-44(74(6)31-38)55(83)64-36-23-42(72(4)29-36)53(81)62-34-21-40(70(2)27-34)51(79)60-14-9-17-76-18-15-59-16-19-76/h12-13,20-32,59H,8-11,14-19H2,1-7H3,(H,60,79)(H,61,80)(H,62,81)(H,63,82)(H,64,83)(H,65,84)(H,66,85)(H,67,78). The summed E-state index contributed by atoms with van der Waals surface area (Å²) in [6.45, 7) is 5.33. The van der Waals surface area contributed by atoms with Gasteiger partial charge in [0.1, 0.15) is 28.5 Å². The number of aryl methyl sites for hydroxylation is 7. The lowest BCUT2D eigenvalue weighted by molar-refractivity contribution is -0.116. The number of halogens is 1. The molecule has 29 heteroatoms. The van der Waals surface area contributed by atoms with Gasteiger partial charge < -0.3 is 84.7 Å². The number of nitrogens with zero attached hydrogens (tertiary/aromatic N) is 9. The fourth-order valence-electron chi connectivity index (χ4n) is 9.81. The van der Waals surface area contributed by atoms with Crippen LogP contribution in [0.4, 0.5) is 39.9 Å².